The lowest BCUT2D eigenvalue weighted by atomic mass is 9.81. The second kappa shape index (κ2) is 5.40. The van der Waals surface area contributed by atoms with E-state index in [1.165, 1.54) is 7.05 Å². The third-order valence-electron chi connectivity index (χ3n) is 4.71. The molecular formula is C13H21N3O4. The van der Waals surface area contributed by atoms with Crippen molar-refractivity contribution in [3.05, 3.63) is 0 Å². The molecule has 112 valence electrons. The highest BCUT2D eigenvalue weighted by Gasteiger charge is 2.55. The number of carboxylic acids is 1. The summed E-state index contributed by atoms with van der Waals surface area (Å²) in [5.41, 5.74) is -0.707. The average Bonchev–Trinajstić information content (AvgIpc) is 2.94. The molecule has 20 heavy (non-hydrogen) atoms. The SMILES string of the molecule is CNC(=O)NC(=O)C(C)N1C[C@@H]2CCC[C@@]2(C(=O)O)C1. The van der Waals surface area contributed by atoms with Gasteiger partial charge in [-0.2, -0.15) is 0 Å². The molecule has 7 heteroatoms. The van der Waals surface area contributed by atoms with Crippen LogP contribution in [0, 0.1) is 11.3 Å². The Labute approximate surface area is 117 Å². The van der Waals surface area contributed by atoms with E-state index in [2.05, 4.69) is 10.6 Å². The van der Waals surface area contributed by atoms with Crippen molar-refractivity contribution in [2.75, 3.05) is 20.1 Å². The number of carboxylic acid groups (broad SMARTS) is 1. The van der Waals surface area contributed by atoms with E-state index in [0.29, 0.717) is 19.5 Å². The number of hydrogen-bond acceptors (Lipinski definition) is 4. The van der Waals surface area contributed by atoms with Gasteiger partial charge in [0.05, 0.1) is 11.5 Å². The first-order chi connectivity index (χ1) is 9.40. The maximum atomic E-state index is 11.9. The molecule has 2 fully saturated rings. The van der Waals surface area contributed by atoms with Gasteiger partial charge in [-0.15, -0.1) is 0 Å². The van der Waals surface area contributed by atoms with Crippen LogP contribution in [0.3, 0.4) is 0 Å². The molecule has 7 nitrogen and oxygen atoms in total. The molecule has 1 saturated heterocycles. The molecule has 0 radical (unpaired) electrons. The molecule has 0 bridgehead atoms. The number of amides is 3. The van der Waals surface area contributed by atoms with Gasteiger partial charge >= 0.3 is 12.0 Å². The number of hydrogen-bond donors (Lipinski definition) is 3. The van der Waals surface area contributed by atoms with Crippen molar-refractivity contribution in [2.45, 2.75) is 32.2 Å². The molecule has 3 atom stereocenters. The molecule has 1 heterocycles. The average molecular weight is 283 g/mol. The van der Waals surface area contributed by atoms with Crippen LogP contribution in [-0.2, 0) is 9.59 Å². The molecule has 1 saturated carbocycles. The smallest absolute Gasteiger partial charge is 0.321 e. The molecule has 1 unspecified atom stereocenters. The highest BCUT2D eigenvalue weighted by Crippen LogP contribution is 2.49. The number of rotatable bonds is 3. The van der Waals surface area contributed by atoms with Crippen molar-refractivity contribution in [1.82, 2.24) is 15.5 Å². The van der Waals surface area contributed by atoms with Gasteiger partial charge in [0.2, 0.25) is 5.91 Å². The van der Waals surface area contributed by atoms with E-state index in [9.17, 15) is 19.5 Å². The number of carbonyl (C=O) groups is 3. The predicted molar refractivity (Wildman–Crippen MR) is 71.0 cm³/mol. The first kappa shape index (κ1) is 14.8. The van der Waals surface area contributed by atoms with E-state index in [0.717, 1.165) is 12.8 Å². The molecule has 3 amide bonds. The van der Waals surface area contributed by atoms with Crippen molar-refractivity contribution in [3.8, 4) is 0 Å². The molecule has 0 aromatic rings. The fourth-order valence-electron chi connectivity index (χ4n) is 3.42. The van der Waals surface area contributed by atoms with E-state index in [-0.39, 0.29) is 5.92 Å². The highest BCUT2D eigenvalue weighted by atomic mass is 16.4. The second-order valence-corrected chi connectivity index (χ2v) is 5.72. The summed E-state index contributed by atoms with van der Waals surface area (Å²) in [4.78, 5) is 36.5. The summed E-state index contributed by atoms with van der Waals surface area (Å²) >= 11 is 0. The first-order valence-electron chi connectivity index (χ1n) is 6.90. The summed E-state index contributed by atoms with van der Waals surface area (Å²) < 4.78 is 0. The fourth-order valence-corrected chi connectivity index (χ4v) is 3.42. The Morgan fingerprint density at radius 3 is 2.65 bits per heavy atom. The van der Waals surface area contributed by atoms with Crippen molar-refractivity contribution in [2.24, 2.45) is 11.3 Å². The minimum Gasteiger partial charge on any atom is -0.481 e. The van der Waals surface area contributed by atoms with Gasteiger partial charge in [0.15, 0.2) is 0 Å². The van der Waals surface area contributed by atoms with Gasteiger partial charge in [0.25, 0.3) is 0 Å². The molecule has 2 aliphatic rings. The van der Waals surface area contributed by atoms with Gasteiger partial charge in [0, 0.05) is 20.1 Å². The third-order valence-corrected chi connectivity index (χ3v) is 4.71. The lowest BCUT2D eigenvalue weighted by Crippen LogP contribution is -2.49. The zero-order valence-electron chi connectivity index (χ0n) is 11.8. The highest BCUT2D eigenvalue weighted by molar-refractivity contribution is 5.96. The van der Waals surface area contributed by atoms with Crippen molar-refractivity contribution < 1.29 is 19.5 Å². The summed E-state index contributed by atoms with van der Waals surface area (Å²) in [6.07, 6.45) is 2.50. The van der Waals surface area contributed by atoms with E-state index < -0.39 is 29.4 Å². The van der Waals surface area contributed by atoms with Gasteiger partial charge in [0.1, 0.15) is 0 Å². The van der Waals surface area contributed by atoms with E-state index in [1.54, 1.807) is 6.92 Å². The van der Waals surface area contributed by atoms with E-state index >= 15 is 0 Å². The second-order valence-electron chi connectivity index (χ2n) is 5.72. The molecule has 3 N–H and O–H groups in total. The Hall–Kier alpha value is -1.63. The van der Waals surface area contributed by atoms with Crippen molar-refractivity contribution in [3.63, 3.8) is 0 Å². The minimum atomic E-state index is -0.763. The first-order valence-corrected chi connectivity index (χ1v) is 6.90. The van der Waals surface area contributed by atoms with E-state index in [4.69, 9.17) is 0 Å². The number of fused-ring (bicyclic) bond motifs is 1. The largest absolute Gasteiger partial charge is 0.481 e. The number of urea groups is 1. The molecule has 2 rings (SSSR count). The quantitative estimate of drug-likeness (QED) is 0.678. The minimum absolute atomic E-state index is 0.107. The van der Waals surface area contributed by atoms with Gasteiger partial charge < -0.3 is 10.4 Å². The van der Waals surface area contributed by atoms with Gasteiger partial charge in [-0.25, -0.2) is 4.79 Å². The van der Waals surface area contributed by atoms with Crippen LogP contribution in [0.1, 0.15) is 26.2 Å². The van der Waals surface area contributed by atoms with Crippen LogP contribution in [0.4, 0.5) is 4.79 Å². The van der Waals surface area contributed by atoms with Crippen LogP contribution in [-0.4, -0.2) is 54.1 Å². The molecule has 0 spiro atoms. The summed E-state index contributed by atoms with van der Waals surface area (Å²) in [6.45, 7) is 2.69. The van der Waals surface area contributed by atoms with Crippen LogP contribution in [0.25, 0.3) is 0 Å². The fraction of sp³-hybridized carbons (Fsp3) is 0.769. The van der Waals surface area contributed by atoms with Crippen molar-refractivity contribution in [1.29, 1.82) is 0 Å². The molecule has 0 aromatic carbocycles. The Morgan fingerprint density at radius 2 is 2.10 bits per heavy atom. The summed E-state index contributed by atoms with van der Waals surface area (Å²) in [5.74, 6) is -1.05. The maximum absolute atomic E-state index is 11.9. The molecular weight excluding hydrogens is 262 g/mol. The molecule has 1 aliphatic heterocycles. The molecule has 1 aliphatic carbocycles. The Bertz CT molecular complexity index is 439. The standard InChI is InChI=1S/C13H21N3O4/c1-8(10(17)15-12(20)14-2)16-6-9-4-3-5-13(9,7-16)11(18)19/h8-9H,3-7H2,1-2H3,(H,18,19)(H2,14,15,17,20)/t8?,9-,13+/m0/s1. The lowest BCUT2D eigenvalue weighted by molar-refractivity contribution is -0.149. The van der Waals surface area contributed by atoms with Gasteiger partial charge in [-0.1, -0.05) is 6.42 Å². The van der Waals surface area contributed by atoms with Gasteiger partial charge in [-0.05, 0) is 25.7 Å². The van der Waals surface area contributed by atoms with Gasteiger partial charge in [-0.3, -0.25) is 19.8 Å². The third kappa shape index (κ3) is 2.37. The van der Waals surface area contributed by atoms with Crippen LogP contribution < -0.4 is 10.6 Å². The predicted octanol–water partition coefficient (Wildman–Crippen LogP) is 0.0172. The summed E-state index contributed by atoms with van der Waals surface area (Å²) in [7, 11) is 1.44. The number of carbonyl (C=O) groups excluding carboxylic acids is 2. The zero-order chi connectivity index (χ0) is 14.9. The maximum Gasteiger partial charge on any atom is 0.321 e. The zero-order valence-corrected chi connectivity index (χ0v) is 11.8. The van der Waals surface area contributed by atoms with Crippen LogP contribution in [0.5, 0.6) is 0 Å². The number of imide groups is 1. The Balaban J connectivity index is 2.03. The number of nitrogens with zero attached hydrogens (tertiary/aromatic N) is 1. The molecule has 0 aromatic heterocycles. The van der Waals surface area contributed by atoms with E-state index in [1.807, 2.05) is 4.90 Å². The number of nitrogens with one attached hydrogen (secondary N) is 2. The topological polar surface area (TPSA) is 98.7 Å². The number of aliphatic carboxylic acids is 1. The summed E-state index contributed by atoms with van der Waals surface area (Å²) in [6, 6.07) is -1.05. The normalized spacial score (nSPS) is 30.6. The lowest BCUT2D eigenvalue weighted by Gasteiger charge is -2.26. The van der Waals surface area contributed by atoms with Crippen LogP contribution in [0.15, 0.2) is 0 Å². The van der Waals surface area contributed by atoms with Crippen LogP contribution >= 0.6 is 0 Å². The Kier molecular flexibility index (Phi) is 3.99. The monoisotopic (exact) mass is 283 g/mol. The Morgan fingerprint density at radius 1 is 1.40 bits per heavy atom. The van der Waals surface area contributed by atoms with Crippen molar-refractivity contribution >= 4 is 17.9 Å². The van der Waals surface area contributed by atoms with Crippen LogP contribution in [0.2, 0.25) is 0 Å². The number of likely N-dealkylation sites (tertiary alicyclic amines) is 1. The summed E-state index contributed by atoms with van der Waals surface area (Å²) in [5, 5.41) is 14.1.